The predicted molar refractivity (Wildman–Crippen MR) is 69.3 cm³/mol. The molecule has 0 spiro atoms. The van der Waals surface area contributed by atoms with Gasteiger partial charge in [-0.2, -0.15) is 0 Å². The van der Waals surface area contributed by atoms with E-state index in [1.807, 2.05) is 0 Å². The molecule has 0 bridgehead atoms. The zero-order valence-electron chi connectivity index (χ0n) is 9.76. The number of rotatable bonds is 3. The van der Waals surface area contributed by atoms with Gasteiger partial charge in [-0.25, -0.2) is 4.39 Å². The highest BCUT2D eigenvalue weighted by atomic mass is 79.9. The average molecular weight is 286 g/mol. The fourth-order valence-corrected chi connectivity index (χ4v) is 2.86. The van der Waals surface area contributed by atoms with Gasteiger partial charge in [-0.15, -0.1) is 0 Å². The molecule has 1 aromatic rings. The van der Waals surface area contributed by atoms with E-state index in [-0.39, 0.29) is 5.82 Å². The molecular formula is C13H17BrFN. The smallest absolute Gasteiger partial charge is 0.125 e. The van der Waals surface area contributed by atoms with E-state index in [0.717, 1.165) is 23.2 Å². The molecule has 0 radical (unpaired) electrons. The first-order chi connectivity index (χ1) is 7.60. The van der Waals surface area contributed by atoms with Crippen LogP contribution in [0.4, 0.5) is 10.1 Å². The molecule has 0 aromatic heterocycles. The van der Waals surface area contributed by atoms with Crippen LogP contribution in [0.15, 0.2) is 22.7 Å². The number of nitrogens with zero attached hydrogens (tertiary/aromatic N) is 1. The summed E-state index contributed by atoms with van der Waals surface area (Å²) in [5.41, 5.74) is 1.43. The monoisotopic (exact) mass is 285 g/mol. The second-order valence-electron chi connectivity index (χ2n) is 4.66. The van der Waals surface area contributed by atoms with Crippen LogP contribution in [0.2, 0.25) is 0 Å². The first-order valence-electron chi connectivity index (χ1n) is 5.80. The summed E-state index contributed by atoms with van der Waals surface area (Å²) in [5, 5.41) is 0. The molecule has 1 aliphatic rings. The summed E-state index contributed by atoms with van der Waals surface area (Å²) in [6, 6.07) is 4.88. The van der Waals surface area contributed by atoms with Crippen molar-refractivity contribution in [3.8, 4) is 0 Å². The van der Waals surface area contributed by atoms with Crippen LogP contribution in [0.5, 0.6) is 0 Å². The second kappa shape index (κ2) is 4.36. The molecule has 1 fully saturated rings. The molecule has 0 amide bonds. The molecule has 0 aliphatic carbocycles. The van der Waals surface area contributed by atoms with Gasteiger partial charge in [0.15, 0.2) is 0 Å². The Morgan fingerprint density at radius 1 is 1.31 bits per heavy atom. The van der Waals surface area contributed by atoms with Gasteiger partial charge in [0.1, 0.15) is 5.82 Å². The Labute approximate surface area is 105 Å². The lowest BCUT2D eigenvalue weighted by atomic mass is 9.75. The van der Waals surface area contributed by atoms with E-state index in [1.54, 1.807) is 12.1 Å². The Kier molecular flexibility index (Phi) is 3.24. The Hall–Kier alpha value is -0.570. The number of halogens is 2. The highest BCUT2D eigenvalue weighted by Crippen LogP contribution is 2.42. The summed E-state index contributed by atoms with van der Waals surface area (Å²) in [5.74, 6) is -0.163. The zero-order chi connectivity index (χ0) is 11.8. The normalized spacial score (nSPS) is 18.4. The van der Waals surface area contributed by atoms with Crippen molar-refractivity contribution >= 4 is 21.6 Å². The van der Waals surface area contributed by atoms with Gasteiger partial charge < -0.3 is 4.90 Å². The second-order valence-corrected chi connectivity index (χ2v) is 5.51. The number of benzene rings is 1. The van der Waals surface area contributed by atoms with Gasteiger partial charge in [0.2, 0.25) is 0 Å². The molecule has 1 heterocycles. The largest absolute Gasteiger partial charge is 0.369 e. The summed E-state index contributed by atoms with van der Waals surface area (Å²) in [6.07, 6.45) is 2.40. The third-order valence-electron chi connectivity index (χ3n) is 3.80. The lowest BCUT2D eigenvalue weighted by Gasteiger charge is -2.51. The van der Waals surface area contributed by atoms with Crippen molar-refractivity contribution in [1.29, 1.82) is 0 Å². The van der Waals surface area contributed by atoms with Crippen LogP contribution < -0.4 is 4.90 Å². The van der Waals surface area contributed by atoms with Crippen LogP contribution in [-0.2, 0) is 0 Å². The van der Waals surface area contributed by atoms with Gasteiger partial charge in [0, 0.05) is 23.0 Å². The maximum Gasteiger partial charge on any atom is 0.125 e. The molecule has 16 heavy (non-hydrogen) atoms. The molecule has 2 rings (SSSR count). The molecular weight excluding hydrogens is 269 g/mol. The minimum atomic E-state index is -0.163. The maximum absolute atomic E-state index is 13.2. The third kappa shape index (κ3) is 1.97. The topological polar surface area (TPSA) is 3.24 Å². The van der Waals surface area contributed by atoms with Crippen molar-refractivity contribution in [2.75, 3.05) is 18.0 Å². The van der Waals surface area contributed by atoms with Crippen molar-refractivity contribution in [2.24, 2.45) is 5.41 Å². The van der Waals surface area contributed by atoms with Gasteiger partial charge in [0.05, 0.1) is 5.69 Å². The van der Waals surface area contributed by atoms with Crippen molar-refractivity contribution in [1.82, 2.24) is 0 Å². The Balaban J connectivity index is 2.14. The quantitative estimate of drug-likeness (QED) is 0.804. The molecule has 1 aromatic carbocycles. The van der Waals surface area contributed by atoms with Crippen molar-refractivity contribution in [2.45, 2.75) is 26.7 Å². The van der Waals surface area contributed by atoms with E-state index >= 15 is 0 Å². The summed E-state index contributed by atoms with van der Waals surface area (Å²) in [4.78, 5) is 2.25. The summed E-state index contributed by atoms with van der Waals surface area (Å²) < 4.78 is 14.2. The van der Waals surface area contributed by atoms with Gasteiger partial charge in [-0.1, -0.05) is 13.8 Å². The Bertz CT molecular complexity index is 380. The van der Waals surface area contributed by atoms with E-state index in [0.29, 0.717) is 5.41 Å². The molecule has 0 saturated carbocycles. The minimum absolute atomic E-state index is 0.163. The first-order valence-corrected chi connectivity index (χ1v) is 6.59. The molecule has 1 nitrogen and oxygen atoms in total. The van der Waals surface area contributed by atoms with Crippen LogP contribution in [0, 0.1) is 11.2 Å². The van der Waals surface area contributed by atoms with E-state index in [9.17, 15) is 4.39 Å². The molecule has 0 atom stereocenters. The lowest BCUT2D eigenvalue weighted by Crippen LogP contribution is -2.56. The zero-order valence-corrected chi connectivity index (χ0v) is 11.3. The highest BCUT2D eigenvalue weighted by Gasteiger charge is 2.40. The summed E-state index contributed by atoms with van der Waals surface area (Å²) in [7, 11) is 0. The highest BCUT2D eigenvalue weighted by molar-refractivity contribution is 9.10. The number of hydrogen-bond acceptors (Lipinski definition) is 1. The lowest BCUT2D eigenvalue weighted by molar-refractivity contribution is 0.194. The molecule has 88 valence electrons. The molecule has 1 saturated heterocycles. The van der Waals surface area contributed by atoms with Gasteiger partial charge >= 0.3 is 0 Å². The number of hydrogen-bond donors (Lipinski definition) is 0. The SMILES string of the molecule is CCC1(CC)CN(c2cc(F)ccc2Br)C1. The van der Waals surface area contributed by atoms with Crippen molar-refractivity contribution < 1.29 is 4.39 Å². The van der Waals surface area contributed by atoms with Crippen molar-refractivity contribution in [3.63, 3.8) is 0 Å². The maximum atomic E-state index is 13.2. The van der Waals surface area contributed by atoms with Crippen LogP contribution in [0.25, 0.3) is 0 Å². The fourth-order valence-electron chi connectivity index (χ4n) is 2.36. The Morgan fingerprint density at radius 3 is 2.50 bits per heavy atom. The van der Waals surface area contributed by atoms with Crippen LogP contribution in [0.3, 0.4) is 0 Å². The van der Waals surface area contributed by atoms with E-state index in [4.69, 9.17) is 0 Å². The summed E-state index contributed by atoms with van der Waals surface area (Å²) >= 11 is 3.48. The average Bonchev–Trinajstić information content (AvgIpc) is 2.23. The van der Waals surface area contributed by atoms with Crippen LogP contribution >= 0.6 is 15.9 Å². The third-order valence-corrected chi connectivity index (χ3v) is 4.47. The van der Waals surface area contributed by atoms with E-state index in [2.05, 4.69) is 34.7 Å². The standard InChI is InChI=1S/C13H17BrFN/c1-3-13(4-2)8-16(9-13)12-7-10(15)5-6-11(12)14/h5-7H,3-4,8-9H2,1-2H3. The van der Waals surface area contributed by atoms with E-state index < -0.39 is 0 Å². The molecule has 1 aliphatic heterocycles. The number of anilines is 1. The molecule has 0 N–H and O–H groups in total. The molecule has 0 unspecified atom stereocenters. The Morgan fingerprint density at radius 2 is 1.94 bits per heavy atom. The molecule has 3 heteroatoms. The van der Waals surface area contributed by atoms with E-state index in [1.165, 1.54) is 18.9 Å². The predicted octanol–water partition coefficient (Wildman–Crippen LogP) is 4.21. The van der Waals surface area contributed by atoms with Crippen LogP contribution in [-0.4, -0.2) is 13.1 Å². The van der Waals surface area contributed by atoms with Gasteiger partial charge in [0.25, 0.3) is 0 Å². The fraction of sp³-hybridized carbons (Fsp3) is 0.538. The van der Waals surface area contributed by atoms with Gasteiger partial charge in [-0.05, 0) is 47.0 Å². The first kappa shape index (κ1) is 11.9. The minimum Gasteiger partial charge on any atom is -0.369 e. The summed E-state index contributed by atoms with van der Waals surface area (Å²) in [6.45, 7) is 6.56. The van der Waals surface area contributed by atoms with Gasteiger partial charge in [-0.3, -0.25) is 0 Å². The van der Waals surface area contributed by atoms with Crippen molar-refractivity contribution in [3.05, 3.63) is 28.5 Å². The van der Waals surface area contributed by atoms with Crippen LogP contribution in [0.1, 0.15) is 26.7 Å².